The molecule has 1 aromatic carbocycles. The number of carbonyl (C=O) groups is 2. The Labute approximate surface area is 138 Å². The van der Waals surface area contributed by atoms with Crippen LogP contribution in [0.5, 0.6) is 5.75 Å². The van der Waals surface area contributed by atoms with Gasteiger partial charge in [-0.05, 0) is 43.9 Å². The number of esters is 1. The SMILES string of the molecule is CC(C)NC(=O)COC(=O)[C@H](C)Oc1ccc(C(C)(C)C)cc1. The van der Waals surface area contributed by atoms with Crippen molar-refractivity contribution in [1.29, 1.82) is 0 Å². The molecule has 1 atom stereocenters. The van der Waals surface area contributed by atoms with Gasteiger partial charge < -0.3 is 14.8 Å². The fourth-order valence-electron chi connectivity index (χ4n) is 1.90. The smallest absolute Gasteiger partial charge is 0.347 e. The van der Waals surface area contributed by atoms with Crippen LogP contribution in [0.25, 0.3) is 0 Å². The minimum atomic E-state index is -0.776. The van der Waals surface area contributed by atoms with Gasteiger partial charge in [-0.15, -0.1) is 0 Å². The van der Waals surface area contributed by atoms with Gasteiger partial charge in [0.1, 0.15) is 5.75 Å². The first kappa shape index (κ1) is 19.0. The van der Waals surface area contributed by atoms with E-state index in [2.05, 4.69) is 26.1 Å². The van der Waals surface area contributed by atoms with E-state index in [4.69, 9.17) is 9.47 Å². The Hall–Kier alpha value is -2.04. The predicted octanol–water partition coefficient (Wildman–Crippen LogP) is 2.82. The van der Waals surface area contributed by atoms with E-state index < -0.39 is 12.1 Å². The van der Waals surface area contributed by atoms with Crippen molar-refractivity contribution in [2.75, 3.05) is 6.61 Å². The maximum Gasteiger partial charge on any atom is 0.347 e. The van der Waals surface area contributed by atoms with Crippen molar-refractivity contribution in [3.8, 4) is 5.75 Å². The van der Waals surface area contributed by atoms with Gasteiger partial charge >= 0.3 is 5.97 Å². The van der Waals surface area contributed by atoms with E-state index in [1.807, 2.05) is 38.1 Å². The van der Waals surface area contributed by atoms with Crippen LogP contribution in [-0.4, -0.2) is 30.6 Å². The molecule has 1 aromatic rings. The zero-order valence-electron chi connectivity index (χ0n) is 14.8. The number of hydrogen-bond acceptors (Lipinski definition) is 4. The van der Waals surface area contributed by atoms with Crippen LogP contribution in [0.2, 0.25) is 0 Å². The third-order valence-electron chi connectivity index (χ3n) is 3.16. The fourth-order valence-corrected chi connectivity index (χ4v) is 1.90. The van der Waals surface area contributed by atoms with Crippen molar-refractivity contribution in [1.82, 2.24) is 5.32 Å². The molecule has 5 heteroatoms. The Bertz CT molecular complexity index is 529. The number of nitrogens with one attached hydrogen (secondary N) is 1. The van der Waals surface area contributed by atoms with Gasteiger partial charge in [0.05, 0.1) is 0 Å². The van der Waals surface area contributed by atoms with Gasteiger partial charge in [0.25, 0.3) is 5.91 Å². The summed E-state index contributed by atoms with van der Waals surface area (Å²) in [6.07, 6.45) is -0.776. The molecule has 0 spiro atoms. The van der Waals surface area contributed by atoms with Crippen molar-refractivity contribution in [2.24, 2.45) is 0 Å². The van der Waals surface area contributed by atoms with Crippen molar-refractivity contribution in [2.45, 2.75) is 59.1 Å². The molecule has 0 heterocycles. The minimum Gasteiger partial charge on any atom is -0.479 e. The summed E-state index contributed by atoms with van der Waals surface area (Å²) in [6, 6.07) is 7.62. The normalized spacial score (nSPS) is 12.7. The first-order valence-corrected chi connectivity index (χ1v) is 7.83. The van der Waals surface area contributed by atoms with Gasteiger partial charge in [0, 0.05) is 6.04 Å². The maximum absolute atomic E-state index is 11.8. The molecule has 0 unspecified atom stereocenters. The molecule has 1 N–H and O–H groups in total. The lowest BCUT2D eigenvalue weighted by Gasteiger charge is -2.20. The standard InChI is InChI=1S/C18H27NO4/c1-12(2)19-16(20)11-22-17(21)13(3)23-15-9-7-14(8-10-15)18(4,5)6/h7-10,12-13H,11H2,1-6H3,(H,19,20)/t13-/m0/s1. The molecule has 0 saturated heterocycles. The summed E-state index contributed by atoms with van der Waals surface area (Å²) >= 11 is 0. The van der Waals surface area contributed by atoms with Gasteiger partial charge in [0.2, 0.25) is 0 Å². The van der Waals surface area contributed by atoms with Crippen LogP contribution < -0.4 is 10.1 Å². The molecule has 23 heavy (non-hydrogen) atoms. The molecule has 0 fully saturated rings. The highest BCUT2D eigenvalue weighted by Crippen LogP contribution is 2.24. The van der Waals surface area contributed by atoms with Gasteiger partial charge in [0.15, 0.2) is 12.7 Å². The first-order chi connectivity index (χ1) is 10.6. The predicted molar refractivity (Wildman–Crippen MR) is 89.5 cm³/mol. The number of amides is 1. The van der Waals surface area contributed by atoms with E-state index in [0.29, 0.717) is 5.75 Å². The quantitative estimate of drug-likeness (QED) is 0.818. The van der Waals surface area contributed by atoms with Crippen molar-refractivity contribution < 1.29 is 19.1 Å². The summed E-state index contributed by atoms with van der Waals surface area (Å²) in [7, 11) is 0. The number of ether oxygens (including phenoxy) is 2. The monoisotopic (exact) mass is 321 g/mol. The van der Waals surface area contributed by atoms with Gasteiger partial charge in [-0.3, -0.25) is 4.79 Å². The minimum absolute atomic E-state index is 0.0104. The Morgan fingerprint density at radius 2 is 1.65 bits per heavy atom. The average molecular weight is 321 g/mol. The second kappa shape index (κ2) is 7.99. The topological polar surface area (TPSA) is 64.6 Å². The van der Waals surface area contributed by atoms with Gasteiger partial charge in [-0.25, -0.2) is 4.79 Å². The molecule has 0 aliphatic heterocycles. The fraction of sp³-hybridized carbons (Fsp3) is 0.556. The van der Waals surface area contributed by atoms with Crippen molar-refractivity contribution in [3.63, 3.8) is 0 Å². The van der Waals surface area contributed by atoms with Crippen LogP contribution in [-0.2, 0) is 19.7 Å². The number of rotatable bonds is 6. The maximum atomic E-state index is 11.8. The zero-order chi connectivity index (χ0) is 17.6. The lowest BCUT2D eigenvalue weighted by Crippen LogP contribution is -2.36. The summed E-state index contributed by atoms with van der Waals surface area (Å²) < 4.78 is 10.5. The molecule has 128 valence electrons. The third kappa shape index (κ3) is 6.72. The van der Waals surface area contributed by atoms with Crippen LogP contribution in [0.3, 0.4) is 0 Å². The van der Waals surface area contributed by atoms with Crippen LogP contribution in [0.15, 0.2) is 24.3 Å². The van der Waals surface area contributed by atoms with E-state index in [-0.39, 0.29) is 24.0 Å². The highest BCUT2D eigenvalue weighted by Gasteiger charge is 2.19. The van der Waals surface area contributed by atoms with E-state index >= 15 is 0 Å². The Kier molecular flexibility index (Phi) is 6.61. The molecule has 0 aliphatic rings. The van der Waals surface area contributed by atoms with Gasteiger partial charge in [-0.1, -0.05) is 32.9 Å². The molecule has 0 radical (unpaired) electrons. The largest absolute Gasteiger partial charge is 0.479 e. The number of hydrogen-bond donors (Lipinski definition) is 1. The number of carbonyl (C=O) groups excluding carboxylic acids is 2. The Balaban J connectivity index is 2.50. The lowest BCUT2D eigenvalue weighted by molar-refractivity contribution is -0.154. The third-order valence-corrected chi connectivity index (χ3v) is 3.16. The molecule has 0 aliphatic carbocycles. The van der Waals surface area contributed by atoms with Crippen LogP contribution in [0, 0.1) is 0 Å². The summed E-state index contributed by atoms with van der Waals surface area (Å²) in [5, 5.41) is 2.65. The molecule has 0 bridgehead atoms. The molecule has 0 aromatic heterocycles. The summed E-state index contributed by atoms with van der Waals surface area (Å²) in [5.74, 6) is -0.298. The molecule has 0 saturated carbocycles. The van der Waals surface area contributed by atoms with Crippen LogP contribution >= 0.6 is 0 Å². The first-order valence-electron chi connectivity index (χ1n) is 7.83. The van der Waals surface area contributed by atoms with Gasteiger partial charge in [-0.2, -0.15) is 0 Å². The highest BCUT2D eigenvalue weighted by atomic mass is 16.6. The van der Waals surface area contributed by atoms with E-state index in [9.17, 15) is 9.59 Å². The van der Waals surface area contributed by atoms with Crippen molar-refractivity contribution in [3.05, 3.63) is 29.8 Å². The molecule has 1 amide bonds. The summed E-state index contributed by atoms with van der Waals surface area (Å²) in [4.78, 5) is 23.3. The van der Waals surface area contributed by atoms with E-state index in [1.165, 1.54) is 5.56 Å². The van der Waals surface area contributed by atoms with Crippen LogP contribution in [0.4, 0.5) is 0 Å². The van der Waals surface area contributed by atoms with E-state index in [0.717, 1.165) is 0 Å². The summed E-state index contributed by atoms with van der Waals surface area (Å²) in [6.45, 7) is 11.4. The Morgan fingerprint density at radius 1 is 1.09 bits per heavy atom. The summed E-state index contributed by atoms with van der Waals surface area (Å²) in [5.41, 5.74) is 1.25. The molecule has 1 rings (SSSR count). The van der Waals surface area contributed by atoms with Crippen molar-refractivity contribution >= 4 is 11.9 Å². The highest BCUT2D eigenvalue weighted by molar-refractivity contribution is 5.82. The zero-order valence-corrected chi connectivity index (χ0v) is 14.8. The second-order valence-corrected chi connectivity index (χ2v) is 6.86. The average Bonchev–Trinajstić information content (AvgIpc) is 2.43. The molecular weight excluding hydrogens is 294 g/mol. The van der Waals surface area contributed by atoms with Crippen LogP contribution in [0.1, 0.15) is 47.1 Å². The second-order valence-electron chi connectivity index (χ2n) is 6.86. The number of benzene rings is 1. The Morgan fingerprint density at radius 3 is 2.13 bits per heavy atom. The lowest BCUT2D eigenvalue weighted by atomic mass is 9.87. The molecular formula is C18H27NO4. The molecule has 5 nitrogen and oxygen atoms in total. The van der Waals surface area contributed by atoms with E-state index in [1.54, 1.807) is 6.92 Å².